The summed E-state index contributed by atoms with van der Waals surface area (Å²) in [5.74, 6) is -3.50. The standard InChI is InChI=1S/C15H9F3N4O3S/c16-15(17,18)10-6(14(24)25)5-20-12(22-10)9(11(19)23)13-21-7-3-1-2-4-8(7)26-13/h1-5,21H,(H2,19,23)(H,24,25). The van der Waals surface area contributed by atoms with Gasteiger partial charge in [-0.2, -0.15) is 13.2 Å². The molecule has 0 saturated heterocycles. The van der Waals surface area contributed by atoms with Gasteiger partial charge in [-0.15, -0.1) is 0 Å². The summed E-state index contributed by atoms with van der Waals surface area (Å²) in [5, 5.41) is 11.9. The van der Waals surface area contributed by atoms with Gasteiger partial charge < -0.3 is 16.2 Å². The van der Waals surface area contributed by atoms with Crippen molar-refractivity contribution < 1.29 is 27.9 Å². The summed E-state index contributed by atoms with van der Waals surface area (Å²) in [6, 6.07) is 6.94. The number of primary amides is 1. The normalized spacial score (nSPS) is 15.2. The zero-order valence-corrected chi connectivity index (χ0v) is 13.5. The Kier molecular flexibility index (Phi) is 4.32. The molecular formula is C15H9F3N4O3S. The predicted molar refractivity (Wildman–Crippen MR) is 86.0 cm³/mol. The van der Waals surface area contributed by atoms with Gasteiger partial charge in [0.1, 0.15) is 11.1 Å². The van der Waals surface area contributed by atoms with Crippen molar-refractivity contribution in [3.8, 4) is 0 Å². The molecule has 0 unspecified atom stereocenters. The summed E-state index contributed by atoms with van der Waals surface area (Å²) in [4.78, 5) is 30.4. The minimum Gasteiger partial charge on any atom is -0.478 e. The quantitative estimate of drug-likeness (QED) is 0.698. The van der Waals surface area contributed by atoms with Gasteiger partial charge in [-0.3, -0.25) is 4.79 Å². The summed E-state index contributed by atoms with van der Waals surface area (Å²) in [5.41, 5.74) is 2.81. The lowest BCUT2D eigenvalue weighted by molar-refractivity contribution is -0.141. The summed E-state index contributed by atoms with van der Waals surface area (Å²) in [6.07, 6.45) is -4.54. The highest BCUT2D eigenvalue weighted by atomic mass is 32.2. The highest BCUT2D eigenvalue weighted by Gasteiger charge is 2.39. The number of benzene rings is 1. The SMILES string of the molecule is NC(=O)C(=C1Nc2ccccc2S1)c1ncc(C(=O)O)c(C(F)(F)F)n1. The molecule has 0 saturated carbocycles. The van der Waals surface area contributed by atoms with Crippen molar-refractivity contribution in [3.05, 3.63) is 52.6 Å². The van der Waals surface area contributed by atoms with Crippen LogP contribution in [0.5, 0.6) is 0 Å². The largest absolute Gasteiger partial charge is 0.478 e. The first-order valence-electron chi connectivity index (χ1n) is 6.94. The molecule has 0 fully saturated rings. The predicted octanol–water partition coefficient (Wildman–Crippen LogP) is 2.57. The van der Waals surface area contributed by atoms with Gasteiger partial charge in [-0.05, 0) is 12.1 Å². The topological polar surface area (TPSA) is 118 Å². The average molecular weight is 382 g/mol. The van der Waals surface area contributed by atoms with E-state index >= 15 is 0 Å². The maximum absolute atomic E-state index is 13.1. The van der Waals surface area contributed by atoms with Gasteiger partial charge in [0, 0.05) is 11.1 Å². The Morgan fingerprint density at radius 1 is 1.23 bits per heavy atom. The number of thioether (sulfide) groups is 1. The van der Waals surface area contributed by atoms with Gasteiger partial charge in [0.25, 0.3) is 5.91 Å². The number of hydrogen-bond acceptors (Lipinski definition) is 6. The molecule has 1 aliphatic heterocycles. The molecule has 2 heterocycles. The van der Waals surface area contributed by atoms with Crippen molar-refractivity contribution >= 4 is 34.9 Å². The van der Waals surface area contributed by atoms with E-state index in [2.05, 4.69) is 15.3 Å². The van der Waals surface area contributed by atoms with E-state index in [4.69, 9.17) is 10.8 Å². The molecule has 11 heteroatoms. The Bertz CT molecular complexity index is 932. The first-order chi connectivity index (χ1) is 12.2. The van der Waals surface area contributed by atoms with E-state index in [0.717, 1.165) is 16.7 Å². The van der Waals surface area contributed by atoms with Crippen molar-refractivity contribution in [1.29, 1.82) is 0 Å². The van der Waals surface area contributed by atoms with Crippen LogP contribution in [-0.2, 0) is 11.0 Å². The Balaban J connectivity index is 2.16. The number of nitrogens with one attached hydrogen (secondary N) is 1. The Labute approximate surface area is 148 Å². The molecule has 1 aromatic carbocycles. The van der Waals surface area contributed by atoms with Crippen LogP contribution in [0.1, 0.15) is 21.9 Å². The molecule has 4 N–H and O–H groups in total. The van der Waals surface area contributed by atoms with Crippen LogP contribution in [0.4, 0.5) is 18.9 Å². The molecule has 3 rings (SSSR count). The number of nitrogens with zero attached hydrogens (tertiary/aromatic N) is 2. The number of carbonyl (C=O) groups excluding carboxylic acids is 1. The van der Waals surface area contributed by atoms with E-state index in [9.17, 15) is 22.8 Å². The highest BCUT2D eigenvalue weighted by Crippen LogP contribution is 2.43. The van der Waals surface area contributed by atoms with Crippen LogP contribution >= 0.6 is 11.8 Å². The van der Waals surface area contributed by atoms with Crippen LogP contribution in [0.25, 0.3) is 5.57 Å². The lowest BCUT2D eigenvalue weighted by Crippen LogP contribution is -2.22. The van der Waals surface area contributed by atoms with Crippen LogP contribution in [0.15, 0.2) is 40.4 Å². The number of alkyl halides is 3. The maximum Gasteiger partial charge on any atom is 0.434 e. The number of carboxylic acids is 1. The Morgan fingerprint density at radius 3 is 2.50 bits per heavy atom. The Hall–Kier alpha value is -3.08. The molecule has 0 radical (unpaired) electrons. The number of halogens is 3. The summed E-state index contributed by atoms with van der Waals surface area (Å²) < 4.78 is 39.4. The number of amides is 1. The number of nitrogens with two attached hydrogens (primary N) is 1. The van der Waals surface area contributed by atoms with Crippen molar-refractivity contribution in [3.63, 3.8) is 0 Å². The number of aromatic nitrogens is 2. The second kappa shape index (κ2) is 6.33. The van der Waals surface area contributed by atoms with E-state index in [1.54, 1.807) is 24.3 Å². The van der Waals surface area contributed by atoms with Crippen molar-refractivity contribution in [2.24, 2.45) is 5.73 Å². The van der Waals surface area contributed by atoms with Gasteiger partial charge >= 0.3 is 12.1 Å². The van der Waals surface area contributed by atoms with Crippen LogP contribution in [0.2, 0.25) is 0 Å². The fourth-order valence-electron chi connectivity index (χ4n) is 2.23. The smallest absolute Gasteiger partial charge is 0.434 e. The molecule has 1 amide bonds. The second-order valence-corrected chi connectivity index (χ2v) is 6.10. The van der Waals surface area contributed by atoms with E-state index in [1.807, 2.05) is 0 Å². The average Bonchev–Trinajstić information content (AvgIpc) is 2.96. The van der Waals surface area contributed by atoms with Crippen molar-refractivity contribution in [2.45, 2.75) is 11.1 Å². The van der Waals surface area contributed by atoms with Gasteiger partial charge in [0.15, 0.2) is 11.5 Å². The number of fused-ring (bicyclic) bond motifs is 1. The summed E-state index contributed by atoms with van der Waals surface area (Å²) in [6.45, 7) is 0. The maximum atomic E-state index is 13.1. The molecule has 1 aromatic heterocycles. The van der Waals surface area contributed by atoms with Gasteiger partial charge in [-0.1, -0.05) is 23.9 Å². The second-order valence-electron chi connectivity index (χ2n) is 5.05. The number of rotatable bonds is 3. The fraction of sp³-hybridized carbons (Fsp3) is 0.0667. The van der Waals surface area contributed by atoms with Crippen LogP contribution in [0.3, 0.4) is 0 Å². The highest BCUT2D eigenvalue weighted by molar-refractivity contribution is 8.04. The van der Waals surface area contributed by atoms with Crippen LogP contribution in [-0.4, -0.2) is 27.0 Å². The van der Waals surface area contributed by atoms with Crippen molar-refractivity contribution in [1.82, 2.24) is 9.97 Å². The zero-order chi connectivity index (χ0) is 19.1. The monoisotopic (exact) mass is 382 g/mol. The summed E-state index contributed by atoms with van der Waals surface area (Å²) in [7, 11) is 0. The number of anilines is 1. The third kappa shape index (κ3) is 3.20. The molecule has 0 spiro atoms. The molecule has 1 aliphatic rings. The number of carbonyl (C=O) groups is 2. The zero-order valence-electron chi connectivity index (χ0n) is 12.7. The van der Waals surface area contributed by atoms with E-state index in [-0.39, 0.29) is 10.6 Å². The van der Waals surface area contributed by atoms with Gasteiger partial charge in [0.05, 0.1) is 10.7 Å². The molecule has 2 aromatic rings. The molecule has 7 nitrogen and oxygen atoms in total. The third-order valence-electron chi connectivity index (χ3n) is 3.33. The van der Waals surface area contributed by atoms with Crippen LogP contribution in [0, 0.1) is 0 Å². The molecule has 134 valence electrons. The van der Waals surface area contributed by atoms with E-state index < -0.39 is 35.1 Å². The number of hydrogen-bond donors (Lipinski definition) is 3. The van der Waals surface area contributed by atoms with E-state index in [1.165, 1.54) is 0 Å². The van der Waals surface area contributed by atoms with E-state index in [0.29, 0.717) is 11.9 Å². The molecule has 26 heavy (non-hydrogen) atoms. The lowest BCUT2D eigenvalue weighted by Gasteiger charge is -2.12. The first-order valence-corrected chi connectivity index (χ1v) is 7.76. The third-order valence-corrected chi connectivity index (χ3v) is 4.42. The molecule has 0 atom stereocenters. The fourth-order valence-corrected chi connectivity index (χ4v) is 3.28. The molecule has 0 aliphatic carbocycles. The number of carboxylic acid groups (broad SMARTS) is 1. The lowest BCUT2D eigenvalue weighted by atomic mass is 10.2. The minimum atomic E-state index is -5.04. The Morgan fingerprint density at radius 2 is 1.92 bits per heavy atom. The van der Waals surface area contributed by atoms with Gasteiger partial charge in [0.2, 0.25) is 0 Å². The summed E-state index contributed by atoms with van der Waals surface area (Å²) >= 11 is 1.08. The molecule has 0 bridgehead atoms. The van der Waals surface area contributed by atoms with Crippen LogP contribution < -0.4 is 11.1 Å². The molecular weight excluding hydrogens is 373 g/mol. The first kappa shape index (κ1) is 17.7. The number of aromatic carboxylic acids is 1. The van der Waals surface area contributed by atoms with Gasteiger partial charge in [-0.25, -0.2) is 14.8 Å². The van der Waals surface area contributed by atoms with Crippen molar-refractivity contribution in [2.75, 3.05) is 5.32 Å². The number of para-hydroxylation sites is 1. The minimum absolute atomic E-state index is 0.162.